The minimum atomic E-state index is 0.378. The number of hydrogen-bond acceptors (Lipinski definition) is 2. The molecule has 0 bridgehead atoms. The third kappa shape index (κ3) is 4.55. The van der Waals surface area contributed by atoms with Crippen LogP contribution in [0.1, 0.15) is 50.7 Å². The van der Waals surface area contributed by atoms with Crippen molar-refractivity contribution in [2.45, 2.75) is 39.5 Å². The van der Waals surface area contributed by atoms with Crippen LogP contribution in [0.3, 0.4) is 0 Å². The zero-order valence-electron chi connectivity index (χ0n) is 19.4. The van der Waals surface area contributed by atoms with Crippen LogP contribution in [0.4, 0.5) is 17.1 Å². The van der Waals surface area contributed by atoms with Crippen molar-refractivity contribution in [2.75, 3.05) is 11.1 Å². The molecule has 0 saturated heterocycles. The summed E-state index contributed by atoms with van der Waals surface area (Å²) in [6, 6.07) is 32.0. The number of benzene rings is 4. The van der Waals surface area contributed by atoms with Crippen molar-refractivity contribution in [1.29, 1.82) is 0 Å². The summed E-state index contributed by atoms with van der Waals surface area (Å²) in [6.07, 6.45) is 0. The number of nitrogens with two attached hydrogens (primary N) is 1. The van der Waals surface area contributed by atoms with E-state index >= 15 is 0 Å². The Labute approximate surface area is 192 Å². The molecule has 4 aromatic rings. The van der Waals surface area contributed by atoms with Gasteiger partial charge in [0, 0.05) is 5.69 Å². The van der Waals surface area contributed by atoms with Crippen LogP contribution in [-0.2, 0) is 0 Å². The smallest absolute Gasteiger partial charge is 0.0618 e. The fraction of sp³-hybridized carbons (Fsp3) is 0.200. The number of rotatable bonds is 6. The van der Waals surface area contributed by atoms with Gasteiger partial charge in [-0.25, -0.2) is 0 Å². The SMILES string of the molecule is CC(C)c1cc(-c2ccc(-c3ccccc3)cc2)cc(C(C)C)c1Nc1ccccc1N. The molecule has 4 rings (SSSR count). The molecule has 0 radical (unpaired) electrons. The molecule has 162 valence electrons. The molecule has 2 nitrogen and oxygen atoms in total. The van der Waals surface area contributed by atoms with Gasteiger partial charge in [0.2, 0.25) is 0 Å². The second kappa shape index (κ2) is 9.32. The van der Waals surface area contributed by atoms with Crippen molar-refractivity contribution in [3.63, 3.8) is 0 Å². The van der Waals surface area contributed by atoms with Gasteiger partial charge in [-0.15, -0.1) is 0 Å². The molecule has 0 amide bonds. The lowest BCUT2D eigenvalue weighted by Crippen LogP contribution is -2.06. The van der Waals surface area contributed by atoms with Crippen molar-refractivity contribution < 1.29 is 0 Å². The van der Waals surface area contributed by atoms with E-state index in [4.69, 9.17) is 5.73 Å². The number of hydrogen-bond donors (Lipinski definition) is 2. The average molecular weight is 421 g/mol. The van der Waals surface area contributed by atoms with Crippen LogP contribution in [0.15, 0.2) is 91.0 Å². The molecule has 4 aromatic carbocycles. The fourth-order valence-corrected chi connectivity index (χ4v) is 4.14. The molecular weight excluding hydrogens is 388 g/mol. The van der Waals surface area contributed by atoms with Gasteiger partial charge < -0.3 is 11.1 Å². The van der Waals surface area contributed by atoms with Crippen molar-refractivity contribution in [3.05, 3.63) is 102 Å². The van der Waals surface area contributed by atoms with Gasteiger partial charge in [-0.2, -0.15) is 0 Å². The molecule has 3 N–H and O–H groups in total. The molecule has 0 aromatic heterocycles. The quantitative estimate of drug-likeness (QED) is 0.306. The van der Waals surface area contributed by atoms with Crippen molar-refractivity contribution in [2.24, 2.45) is 0 Å². The lowest BCUT2D eigenvalue weighted by molar-refractivity contribution is 0.839. The summed E-state index contributed by atoms with van der Waals surface area (Å²) < 4.78 is 0. The van der Waals surface area contributed by atoms with E-state index in [2.05, 4.69) is 99.7 Å². The van der Waals surface area contributed by atoms with E-state index in [-0.39, 0.29) is 0 Å². The van der Waals surface area contributed by atoms with Gasteiger partial charge in [0.15, 0.2) is 0 Å². The van der Waals surface area contributed by atoms with E-state index in [0.717, 1.165) is 11.4 Å². The highest BCUT2D eigenvalue weighted by molar-refractivity contribution is 5.80. The molecule has 0 aliphatic heterocycles. The van der Waals surface area contributed by atoms with Crippen LogP contribution in [0.25, 0.3) is 22.3 Å². The Balaban J connectivity index is 1.78. The second-order valence-electron chi connectivity index (χ2n) is 8.99. The minimum Gasteiger partial charge on any atom is -0.397 e. The highest BCUT2D eigenvalue weighted by Crippen LogP contribution is 2.39. The molecular formula is C30H32N2. The molecule has 32 heavy (non-hydrogen) atoms. The second-order valence-corrected chi connectivity index (χ2v) is 8.99. The molecule has 0 saturated carbocycles. The monoisotopic (exact) mass is 420 g/mol. The molecule has 0 aliphatic rings. The summed E-state index contributed by atoms with van der Waals surface area (Å²) in [7, 11) is 0. The predicted octanol–water partition coefficient (Wildman–Crippen LogP) is 8.59. The first kappa shape index (κ1) is 21.7. The van der Waals surface area contributed by atoms with E-state index in [1.165, 1.54) is 39.1 Å². The van der Waals surface area contributed by atoms with Gasteiger partial charge in [-0.05, 0) is 69.5 Å². The van der Waals surface area contributed by atoms with Gasteiger partial charge in [-0.3, -0.25) is 0 Å². The van der Waals surface area contributed by atoms with Crippen LogP contribution < -0.4 is 11.1 Å². The zero-order chi connectivity index (χ0) is 22.7. The first-order valence-corrected chi connectivity index (χ1v) is 11.4. The summed E-state index contributed by atoms with van der Waals surface area (Å²) in [4.78, 5) is 0. The Morgan fingerprint density at radius 2 is 1.03 bits per heavy atom. The Hall–Kier alpha value is -3.52. The maximum Gasteiger partial charge on any atom is 0.0618 e. The maximum absolute atomic E-state index is 6.24. The number of anilines is 3. The fourth-order valence-electron chi connectivity index (χ4n) is 4.14. The summed E-state index contributed by atoms with van der Waals surface area (Å²) in [5.41, 5.74) is 16.7. The largest absolute Gasteiger partial charge is 0.397 e. The normalized spacial score (nSPS) is 11.2. The Kier molecular flexibility index (Phi) is 6.32. The molecule has 0 spiro atoms. The lowest BCUT2D eigenvalue weighted by Gasteiger charge is -2.23. The zero-order valence-corrected chi connectivity index (χ0v) is 19.4. The van der Waals surface area contributed by atoms with Crippen molar-refractivity contribution in [3.8, 4) is 22.3 Å². The van der Waals surface area contributed by atoms with E-state index < -0.39 is 0 Å². The predicted molar refractivity (Wildman–Crippen MR) is 140 cm³/mol. The first-order valence-electron chi connectivity index (χ1n) is 11.4. The molecule has 2 heteroatoms. The van der Waals surface area contributed by atoms with Gasteiger partial charge in [0.1, 0.15) is 0 Å². The van der Waals surface area contributed by atoms with Crippen LogP contribution in [0.5, 0.6) is 0 Å². The summed E-state index contributed by atoms with van der Waals surface area (Å²) >= 11 is 0. The van der Waals surface area contributed by atoms with E-state index in [1.807, 2.05) is 24.3 Å². The third-order valence-corrected chi connectivity index (χ3v) is 5.99. The first-order chi connectivity index (χ1) is 15.4. The van der Waals surface area contributed by atoms with Gasteiger partial charge in [-0.1, -0.05) is 94.4 Å². The van der Waals surface area contributed by atoms with Crippen molar-refractivity contribution in [1.82, 2.24) is 0 Å². The minimum absolute atomic E-state index is 0.378. The van der Waals surface area contributed by atoms with Crippen molar-refractivity contribution >= 4 is 17.1 Å². The Morgan fingerprint density at radius 1 is 0.562 bits per heavy atom. The number of nitrogen functional groups attached to an aromatic ring is 1. The van der Waals surface area contributed by atoms with E-state index in [0.29, 0.717) is 11.8 Å². The Bertz CT molecular complexity index is 1160. The van der Waals surface area contributed by atoms with Crippen LogP contribution in [-0.4, -0.2) is 0 Å². The van der Waals surface area contributed by atoms with Crippen LogP contribution >= 0.6 is 0 Å². The van der Waals surface area contributed by atoms with Gasteiger partial charge in [0.25, 0.3) is 0 Å². The molecule has 0 heterocycles. The van der Waals surface area contributed by atoms with E-state index in [1.54, 1.807) is 0 Å². The number of nitrogens with one attached hydrogen (secondary N) is 1. The molecule has 0 atom stereocenters. The summed E-state index contributed by atoms with van der Waals surface area (Å²) in [5, 5.41) is 3.66. The molecule has 0 aliphatic carbocycles. The van der Waals surface area contributed by atoms with Gasteiger partial charge in [0.05, 0.1) is 11.4 Å². The summed E-state index contributed by atoms with van der Waals surface area (Å²) in [6.45, 7) is 9.00. The molecule has 0 fully saturated rings. The Morgan fingerprint density at radius 3 is 1.56 bits per heavy atom. The van der Waals surface area contributed by atoms with Crippen LogP contribution in [0, 0.1) is 0 Å². The van der Waals surface area contributed by atoms with Crippen LogP contribution in [0.2, 0.25) is 0 Å². The average Bonchev–Trinajstić information content (AvgIpc) is 2.81. The highest BCUT2D eigenvalue weighted by atomic mass is 14.9. The number of para-hydroxylation sites is 2. The standard InChI is InChI=1S/C30H32N2/c1-20(2)26-18-25(24-16-14-23(15-17-24)22-10-6-5-7-11-22)19-27(21(3)4)30(26)32-29-13-9-8-12-28(29)31/h5-21,32H,31H2,1-4H3. The lowest BCUT2D eigenvalue weighted by atomic mass is 9.88. The topological polar surface area (TPSA) is 38.0 Å². The van der Waals surface area contributed by atoms with E-state index in [9.17, 15) is 0 Å². The third-order valence-electron chi connectivity index (χ3n) is 5.99. The molecule has 0 unspecified atom stereocenters. The summed E-state index contributed by atoms with van der Waals surface area (Å²) in [5.74, 6) is 0.756. The maximum atomic E-state index is 6.24. The van der Waals surface area contributed by atoms with Gasteiger partial charge >= 0.3 is 0 Å². The highest BCUT2D eigenvalue weighted by Gasteiger charge is 2.17.